The fourth-order valence-corrected chi connectivity index (χ4v) is 3.77. The Morgan fingerprint density at radius 3 is 2.81 bits per heavy atom. The zero-order chi connectivity index (χ0) is 18.4. The highest BCUT2D eigenvalue weighted by molar-refractivity contribution is 5.80. The molecule has 0 aliphatic carbocycles. The lowest BCUT2D eigenvalue weighted by Gasteiger charge is -2.41. The lowest BCUT2D eigenvalue weighted by atomic mass is 10.0. The van der Waals surface area contributed by atoms with Gasteiger partial charge in [0, 0.05) is 38.6 Å². The average molecular weight is 359 g/mol. The van der Waals surface area contributed by atoms with Gasteiger partial charge in [-0.25, -0.2) is 0 Å². The van der Waals surface area contributed by atoms with Crippen molar-refractivity contribution in [1.82, 2.24) is 15.1 Å². The Morgan fingerprint density at radius 1 is 1.27 bits per heavy atom. The minimum Gasteiger partial charge on any atom is -0.494 e. The molecule has 0 spiro atoms. The molecule has 0 aromatic heterocycles. The number of rotatable bonds is 6. The molecular formula is C20H29N3O3. The van der Waals surface area contributed by atoms with Crippen molar-refractivity contribution in [1.29, 1.82) is 0 Å². The SMILES string of the molecule is CCOc1ccc(CCC(=O)N2CCCC(N3CCNCC3=O)C2)cc1. The molecule has 3 rings (SSSR count). The molecule has 1 atom stereocenters. The van der Waals surface area contributed by atoms with Gasteiger partial charge in [0.15, 0.2) is 0 Å². The minimum absolute atomic E-state index is 0.157. The van der Waals surface area contributed by atoms with Gasteiger partial charge in [-0.05, 0) is 43.9 Å². The van der Waals surface area contributed by atoms with E-state index in [0.717, 1.165) is 50.2 Å². The van der Waals surface area contributed by atoms with Crippen LogP contribution in [-0.2, 0) is 16.0 Å². The Kier molecular flexibility index (Phi) is 6.50. The molecule has 142 valence electrons. The first-order valence-corrected chi connectivity index (χ1v) is 9.67. The van der Waals surface area contributed by atoms with Gasteiger partial charge in [0.25, 0.3) is 0 Å². The van der Waals surface area contributed by atoms with E-state index >= 15 is 0 Å². The number of nitrogens with one attached hydrogen (secondary N) is 1. The fraction of sp³-hybridized carbons (Fsp3) is 0.600. The number of benzene rings is 1. The van der Waals surface area contributed by atoms with Gasteiger partial charge in [-0.1, -0.05) is 12.1 Å². The van der Waals surface area contributed by atoms with Gasteiger partial charge in [-0.2, -0.15) is 0 Å². The molecule has 2 fully saturated rings. The van der Waals surface area contributed by atoms with Crippen molar-refractivity contribution in [2.75, 3.05) is 39.3 Å². The van der Waals surface area contributed by atoms with Gasteiger partial charge < -0.3 is 19.9 Å². The highest BCUT2D eigenvalue weighted by Gasteiger charge is 2.31. The summed E-state index contributed by atoms with van der Waals surface area (Å²) in [5, 5.41) is 3.11. The van der Waals surface area contributed by atoms with Crippen LogP contribution in [-0.4, -0.2) is 67.0 Å². The maximum Gasteiger partial charge on any atom is 0.236 e. The number of ether oxygens (including phenoxy) is 1. The van der Waals surface area contributed by atoms with E-state index in [-0.39, 0.29) is 17.9 Å². The Morgan fingerprint density at radius 2 is 2.08 bits per heavy atom. The van der Waals surface area contributed by atoms with Crippen LogP contribution in [0.15, 0.2) is 24.3 Å². The molecule has 1 aromatic rings. The molecule has 1 N–H and O–H groups in total. The number of aryl methyl sites for hydroxylation is 1. The van der Waals surface area contributed by atoms with Crippen LogP contribution in [0.25, 0.3) is 0 Å². The molecule has 0 saturated carbocycles. The van der Waals surface area contributed by atoms with Crippen LogP contribution in [0.5, 0.6) is 5.75 Å². The van der Waals surface area contributed by atoms with Crippen molar-refractivity contribution in [2.24, 2.45) is 0 Å². The number of hydrogen-bond acceptors (Lipinski definition) is 4. The van der Waals surface area contributed by atoms with Crippen molar-refractivity contribution >= 4 is 11.8 Å². The Hall–Kier alpha value is -2.08. The number of carbonyl (C=O) groups is 2. The number of piperidine rings is 1. The molecule has 2 aliphatic heterocycles. The molecule has 6 nitrogen and oxygen atoms in total. The third-order valence-electron chi connectivity index (χ3n) is 5.18. The van der Waals surface area contributed by atoms with E-state index in [1.54, 1.807) is 0 Å². The van der Waals surface area contributed by atoms with Gasteiger partial charge in [-0.3, -0.25) is 9.59 Å². The number of carbonyl (C=O) groups excluding carboxylic acids is 2. The first-order valence-electron chi connectivity index (χ1n) is 9.67. The van der Waals surface area contributed by atoms with Crippen molar-refractivity contribution < 1.29 is 14.3 Å². The molecule has 2 saturated heterocycles. The van der Waals surface area contributed by atoms with E-state index in [0.29, 0.717) is 26.1 Å². The number of nitrogens with zero attached hydrogens (tertiary/aromatic N) is 2. The zero-order valence-electron chi connectivity index (χ0n) is 15.6. The van der Waals surface area contributed by atoms with E-state index in [9.17, 15) is 9.59 Å². The average Bonchev–Trinajstić information content (AvgIpc) is 2.68. The van der Waals surface area contributed by atoms with E-state index in [4.69, 9.17) is 4.74 Å². The molecule has 1 unspecified atom stereocenters. The monoisotopic (exact) mass is 359 g/mol. The summed E-state index contributed by atoms with van der Waals surface area (Å²) in [5.41, 5.74) is 1.15. The predicted molar refractivity (Wildman–Crippen MR) is 100 cm³/mol. The maximum absolute atomic E-state index is 12.6. The lowest BCUT2D eigenvalue weighted by molar-refractivity contribution is -0.140. The van der Waals surface area contributed by atoms with Gasteiger partial charge in [0.2, 0.25) is 11.8 Å². The Labute approximate surface area is 155 Å². The van der Waals surface area contributed by atoms with E-state index in [1.807, 2.05) is 41.0 Å². The topological polar surface area (TPSA) is 61.9 Å². The van der Waals surface area contributed by atoms with Crippen LogP contribution in [0.1, 0.15) is 31.7 Å². The van der Waals surface area contributed by atoms with Gasteiger partial charge in [0.1, 0.15) is 5.75 Å². The molecule has 1 aromatic carbocycles. The smallest absolute Gasteiger partial charge is 0.236 e. The fourth-order valence-electron chi connectivity index (χ4n) is 3.77. The van der Waals surface area contributed by atoms with E-state index < -0.39 is 0 Å². The van der Waals surface area contributed by atoms with Crippen molar-refractivity contribution in [3.8, 4) is 5.75 Å². The third kappa shape index (κ3) is 4.75. The van der Waals surface area contributed by atoms with Gasteiger partial charge >= 0.3 is 0 Å². The molecule has 2 heterocycles. The minimum atomic E-state index is 0.157. The Balaban J connectivity index is 1.50. The second-order valence-corrected chi connectivity index (χ2v) is 6.98. The maximum atomic E-state index is 12.6. The van der Waals surface area contributed by atoms with Gasteiger partial charge in [0.05, 0.1) is 13.2 Å². The molecule has 6 heteroatoms. The molecule has 2 amide bonds. The lowest BCUT2D eigenvalue weighted by Crippen LogP contribution is -2.57. The molecule has 26 heavy (non-hydrogen) atoms. The normalized spacial score (nSPS) is 21.0. The summed E-state index contributed by atoms with van der Waals surface area (Å²) in [4.78, 5) is 28.6. The second-order valence-electron chi connectivity index (χ2n) is 6.98. The number of piperazine rings is 1. The largest absolute Gasteiger partial charge is 0.494 e. The van der Waals surface area contributed by atoms with Gasteiger partial charge in [-0.15, -0.1) is 0 Å². The summed E-state index contributed by atoms with van der Waals surface area (Å²) in [6.07, 6.45) is 3.21. The van der Waals surface area contributed by atoms with E-state index in [2.05, 4.69) is 5.32 Å². The predicted octanol–water partition coefficient (Wildman–Crippen LogP) is 1.44. The molecule has 0 bridgehead atoms. The summed E-state index contributed by atoms with van der Waals surface area (Å²) < 4.78 is 5.45. The quantitative estimate of drug-likeness (QED) is 0.835. The highest BCUT2D eigenvalue weighted by atomic mass is 16.5. The molecular weight excluding hydrogens is 330 g/mol. The second kappa shape index (κ2) is 9.03. The summed E-state index contributed by atoms with van der Waals surface area (Å²) in [5.74, 6) is 1.21. The summed E-state index contributed by atoms with van der Waals surface area (Å²) in [6.45, 7) is 6.11. The third-order valence-corrected chi connectivity index (χ3v) is 5.18. The van der Waals surface area contributed by atoms with Crippen molar-refractivity contribution in [3.63, 3.8) is 0 Å². The molecule has 2 aliphatic rings. The first kappa shape index (κ1) is 18.7. The van der Waals surface area contributed by atoms with Crippen LogP contribution in [0.3, 0.4) is 0 Å². The number of hydrogen-bond donors (Lipinski definition) is 1. The van der Waals surface area contributed by atoms with Crippen molar-refractivity contribution in [3.05, 3.63) is 29.8 Å². The van der Waals surface area contributed by atoms with Crippen LogP contribution >= 0.6 is 0 Å². The summed E-state index contributed by atoms with van der Waals surface area (Å²) in [6, 6.07) is 8.13. The van der Waals surface area contributed by atoms with Crippen LogP contribution < -0.4 is 10.1 Å². The van der Waals surface area contributed by atoms with Crippen molar-refractivity contribution in [2.45, 2.75) is 38.6 Å². The summed E-state index contributed by atoms with van der Waals surface area (Å²) >= 11 is 0. The Bertz CT molecular complexity index is 617. The molecule has 0 radical (unpaired) electrons. The highest BCUT2D eigenvalue weighted by Crippen LogP contribution is 2.19. The van der Waals surface area contributed by atoms with E-state index in [1.165, 1.54) is 0 Å². The number of amides is 2. The van der Waals surface area contributed by atoms with Crippen LogP contribution in [0, 0.1) is 0 Å². The summed E-state index contributed by atoms with van der Waals surface area (Å²) in [7, 11) is 0. The number of likely N-dealkylation sites (tertiary alicyclic amines) is 1. The standard InChI is InChI=1S/C20H29N3O3/c1-2-26-18-8-5-16(6-9-18)7-10-19(24)22-12-3-4-17(15-22)23-13-11-21-14-20(23)25/h5-6,8-9,17,21H,2-4,7,10-15H2,1H3. The van der Waals surface area contributed by atoms with Crippen LogP contribution in [0.4, 0.5) is 0 Å². The first-order chi connectivity index (χ1) is 12.7. The van der Waals surface area contributed by atoms with Crippen LogP contribution in [0.2, 0.25) is 0 Å². The zero-order valence-corrected chi connectivity index (χ0v) is 15.6.